The highest BCUT2D eigenvalue weighted by atomic mass is 35.5. The second-order valence-electron chi connectivity index (χ2n) is 7.50. The number of benzene rings is 2. The molecule has 33 heavy (non-hydrogen) atoms. The number of nitro benzene ring substituents is 1. The standard InChI is InChI=1S/C24H18ClN3O4S/c25-17-6-9-19(10-7-17)32-24(29)20-11-8-18(28(30)31)13-22(20)33-23-16(14-26)12-15-4-2-1-3-5-21(15)27-23/h6-13H,1-5H2. The number of nitriles is 1. The first-order chi connectivity index (χ1) is 15.9. The van der Waals surface area contributed by atoms with Crippen molar-refractivity contribution in [3.63, 3.8) is 0 Å². The summed E-state index contributed by atoms with van der Waals surface area (Å²) in [5.41, 5.74) is 2.35. The molecule has 166 valence electrons. The van der Waals surface area contributed by atoms with Crippen molar-refractivity contribution in [3.8, 4) is 11.8 Å². The molecule has 1 aliphatic rings. The average Bonchev–Trinajstić information content (AvgIpc) is 3.04. The molecule has 9 heteroatoms. The second kappa shape index (κ2) is 10.0. The van der Waals surface area contributed by atoms with Crippen molar-refractivity contribution in [2.24, 2.45) is 0 Å². The lowest BCUT2D eigenvalue weighted by atomic mass is 10.1. The second-order valence-corrected chi connectivity index (χ2v) is 8.97. The van der Waals surface area contributed by atoms with Crippen LogP contribution in [0, 0.1) is 21.4 Å². The van der Waals surface area contributed by atoms with Gasteiger partial charge in [0, 0.05) is 27.7 Å². The van der Waals surface area contributed by atoms with Gasteiger partial charge in [0.15, 0.2) is 0 Å². The lowest BCUT2D eigenvalue weighted by Crippen LogP contribution is -2.10. The molecule has 0 saturated carbocycles. The minimum Gasteiger partial charge on any atom is -0.423 e. The Bertz CT molecular complexity index is 1270. The summed E-state index contributed by atoms with van der Waals surface area (Å²) < 4.78 is 5.43. The van der Waals surface area contributed by atoms with E-state index in [1.807, 2.05) is 6.07 Å². The lowest BCUT2D eigenvalue weighted by Gasteiger charge is -2.12. The van der Waals surface area contributed by atoms with Gasteiger partial charge in [-0.15, -0.1) is 0 Å². The highest BCUT2D eigenvalue weighted by Crippen LogP contribution is 2.36. The molecule has 4 rings (SSSR count). The van der Waals surface area contributed by atoms with Gasteiger partial charge in [-0.05, 0) is 67.6 Å². The Balaban J connectivity index is 1.72. The molecule has 1 aromatic heterocycles. The molecule has 2 aromatic carbocycles. The van der Waals surface area contributed by atoms with Crippen molar-refractivity contribution in [2.45, 2.75) is 42.0 Å². The lowest BCUT2D eigenvalue weighted by molar-refractivity contribution is -0.385. The molecule has 0 spiro atoms. The van der Waals surface area contributed by atoms with Crippen LogP contribution in [0.5, 0.6) is 5.75 Å². The predicted molar refractivity (Wildman–Crippen MR) is 124 cm³/mol. The van der Waals surface area contributed by atoms with E-state index in [1.165, 1.54) is 18.2 Å². The molecule has 0 aliphatic heterocycles. The zero-order valence-corrected chi connectivity index (χ0v) is 19.0. The molecule has 0 fully saturated rings. The summed E-state index contributed by atoms with van der Waals surface area (Å²) in [6, 6.07) is 14.2. The number of non-ortho nitro benzene ring substituents is 1. The van der Waals surface area contributed by atoms with Crippen LogP contribution in [0.4, 0.5) is 5.69 Å². The monoisotopic (exact) mass is 479 g/mol. The number of esters is 1. The van der Waals surface area contributed by atoms with E-state index in [2.05, 4.69) is 6.07 Å². The fourth-order valence-electron chi connectivity index (χ4n) is 3.60. The van der Waals surface area contributed by atoms with Gasteiger partial charge in [0.05, 0.1) is 16.1 Å². The first-order valence-electron chi connectivity index (χ1n) is 10.3. The van der Waals surface area contributed by atoms with Gasteiger partial charge in [0.25, 0.3) is 5.69 Å². The molecular formula is C24H18ClN3O4S. The summed E-state index contributed by atoms with van der Waals surface area (Å²) in [5.74, 6) is -0.387. The van der Waals surface area contributed by atoms with E-state index in [1.54, 1.807) is 24.3 Å². The average molecular weight is 480 g/mol. The number of nitro groups is 1. The summed E-state index contributed by atoms with van der Waals surface area (Å²) in [5, 5.41) is 22.0. The Kier molecular flexibility index (Phi) is 6.92. The topological polar surface area (TPSA) is 106 Å². The maximum absolute atomic E-state index is 12.9. The number of hydrogen-bond donors (Lipinski definition) is 0. The van der Waals surface area contributed by atoms with E-state index in [9.17, 15) is 20.2 Å². The molecule has 0 atom stereocenters. The molecule has 0 N–H and O–H groups in total. The van der Waals surface area contributed by atoms with Crippen LogP contribution in [-0.4, -0.2) is 15.9 Å². The smallest absolute Gasteiger partial charge is 0.344 e. The minimum absolute atomic E-state index is 0.140. The van der Waals surface area contributed by atoms with Gasteiger partial charge in [-0.25, -0.2) is 9.78 Å². The van der Waals surface area contributed by atoms with Gasteiger partial charge in [0.1, 0.15) is 16.8 Å². The molecule has 0 bridgehead atoms. The number of halogens is 1. The largest absolute Gasteiger partial charge is 0.423 e. The van der Waals surface area contributed by atoms with Crippen LogP contribution in [0.25, 0.3) is 0 Å². The normalized spacial score (nSPS) is 12.8. The van der Waals surface area contributed by atoms with E-state index < -0.39 is 10.9 Å². The summed E-state index contributed by atoms with van der Waals surface area (Å²) in [7, 11) is 0. The minimum atomic E-state index is -0.678. The van der Waals surface area contributed by atoms with Crippen LogP contribution in [0.15, 0.2) is 58.5 Å². The van der Waals surface area contributed by atoms with Crippen LogP contribution in [0.3, 0.4) is 0 Å². The van der Waals surface area contributed by atoms with Crippen molar-refractivity contribution in [1.29, 1.82) is 5.26 Å². The van der Waals surface area contributed by atoms with Crippen LogP contribution >= 0.6 is 23.4 Å². The summed E-state index contributed by atoms with van der Waals surface area (Å²) >= 11 is 6.93. The molecular weight excluding hydrogens is 462 g/mol. The first-order valence-corrected chi connectivity index (χ1v) is 11.5. The van der Waals surface area contributed by atoms with Crippen molar-refractivity contribution in [2.75, 3.05) is 0 Å². The van der Waals surface area contributed by atoms with Crippen LogP contribution in [0.1, 0.15) is 46.4 Å². The number of fused-ring (bicyclic) bond motifs is 1. The zero-order valence-electron chi connectivity index (χ0n) is 17.4. The number of ether oxygens (including phenoxy) is 1. The van der Waals surface area contributed by atoms with Crippen molar-refractivity contribution >= 4 is 35.0 Å². The van der Waals surface area contributed by atoms with Gasteiger partial charge < -0.3 is 4.74 Å². The van der Waals surface area contributed by atoms with Gasteiger partial charge >= 0.3 is 5.97 Å². The highest BCUT2D eigenvalue weighted by molar-refractivity contribution is 7.99. The Morgan fingerprint density at radius 3 is 2.61 bits per heavy atom. The number of aromatic nitrogens is 1. The molecule has 1 heterocycles. The maximum Gasteiger partial charge on any atom is 0.344 e. The third-order valence-electron chi connectivity index (χ3n) is 5.26. The number of nitrogens with zero attached hydrogens (tertiary/aromatic N) is 3. The fourth-order valence-corrected chi connectivity index (χ4v) is 4.74. The Morgan fingerprint density at radius 2 is 1.88 bits per heavy atom. The SMILES string of the molecule is N#Cc1cc2c(nc1Sc1cc([N+](=O)[O-])ccc1C(=O)Oc1ccc(Cl)cc1)CCCCC2. The molecule has 3 aromatic rings. The Hall–Kier alpha value is -3.41. The van der Waals surface area contributed by atoms with E-state index in [-0.39, 0.29) is 11.3 Å². The number of hydrogen-bond acceptors (Lipinski definition) is 7. The predicted octanol–water partition coefficient (Wildman–Crippen LogP) is 6.15. The van der Waals surface area contributed by atoms with Crippen molar-refractivity contribution in [1.82, 2.24) is 4.98 Å². The van der Waals surface area contributed by atoms with Crippen LogP contribution < -0.4 is 4.74 Å². The summed E-state index contributed by atoms with van der Waals surface area (Å²) in [6.45, 7) is 0. The van der Waals surface area contributed by atoms with Crippen molar-refractivity contribution in [3.05, 3.63) is 86.1 Å². The Morgan fingerprint density at radius 1 is 1.12 bits per heavy atom. The van der Waals surface area contributed by atoms with Crippen LogP contribution in [0.2, 0.25) is 5.02 Å². The van der Waals surface area contributed by atoms with Gasteiger partial charge in [-0.3, -0.25) is 10.1 Å². The van der Waals surface area contributed by atoms with E-state index in [4.69, 9.17) is 21.3 Å². The van der Waals surface area contributed by atoms with Crippen molar-refractivity contribution < 1.29 is 14.5 Å². The number of aryl methyl sites for hydroxylation is 2. The van der Waals surface area contributed by atoms with E-state index >= 15 is 0 Å². The molecule has 0 unspecified atom stereocenters. The number of carbonyl (C=O) groups is 1. The van der Waals surface area contributed by atoms with E-state index in [0.29, 0.717) is 26.3 Å². The highest BCUT2D eigenvalue weighted by Gasteiger charge is 2.22. The maximum atomic E-state index is 12.9. The quantitative estimate of drug-likeness (QED) is 0.142. The third-order valence-corrected chi connectivity index (χ3v) is 6.58. The number of pyridine rings is 1. The molecule has 1 aliphatic carbocycles. The number of rotatable bonds is 5. The first kappa shape index (κ1) is 22.8. The summed E-state index contributed by atoms with van der Waals surface area (Å²) in [4.78, 5) is 28.7. The Labute approximate surface area is 199 Å². The van der Waals surface area contributed by atoms with E-state index in [0.717, 1.165) is 55.1 Å². The van der Waals surface area contributed by atoms with Gasteiger partial charge in [-0.2, -0.15) is 5.26 Å². The van der Waals surface area contributed by atoms with Crippen LogP contribution in [-0.2, 0) is 12.8 Å². The summed E-state index contributed by atoms with van der Waals surface area (Å²) in [6.07, 6.45) is 4.86. The third kappa shape index (κ3) is 5.33. The number of carbonyl (C=O) groups excluding carboxylic acids is 1. The molecule has 0 radical (unpaired) electrons. The molecule has 0 amide bonds. The van der Waals surface area contributed by atoms with Gasteiger partial charge in [-0.1, -0.05) is 29.8 Å². The van der Waals surface area contributed by atoms with Gasteiger partial charge in [0.2, 0.25) is 0 Å². The zero-order chi connectivity index (χ0) is 23.4. The molecule has 0 saturated heterocycles. The molecule has 7 nitrogen and oxygen atoms in total. The fraction of sp³-hybridized carbons (Fsp3) is 0.208.